The minimum absolute atomic E-state index is 0.0375. The largest absolute Gasteiger partial charge is 0.495 e. The number of rotatable bonds is 6. The molecule has 196 valence electrons. The zero-order valence-corrected chi connectivity index (χ0v) is 20.8. The van der Waals surface area contributed by atoms with Gasteiger partial charge in [0.25, 0.3) is 5.92 Å². The summed E-state index contributed by atoms with van der Waals surface area (Å²) in [6.45, 7) is 4.15. The quantitative estimate of drug-likeness (QED) is 0.182. The van der Waals surface area contributed by atoms with Crippen molar-refractivity contribution in [3.05, 3.63) is 89.4 Å². The smallest absolute Gasteiger partial charge is 0.271 e. The molecule has 0 aliphatic carbocycles. The van der Waals surface area contributed by atoms with Gasteiger partial charge in [0.15, 0.2) is 23.3 Å². The molecule has 2 aliphatic heterocycles. The number of nitrogens with zero attached hydrogens (tertiary/aromatic N) is 5. The normalized spacial score (nSPS) is 12.8. The number of imidazole rings is 1. The number of pyridine rings is 1. The van der Waals surface area contributed by atoms with Crippen LogP contribution in [0.15, 0.2) is 55.1 Å². The number of hydrogen-bond acceptors (Lipinski definition) is 4. The number of alkyl halides is 2. The highest BCUT2D eigenvalue weighted by atomic mass is 19.3. The molecule has 3 aromatic rings. The fourth-order valence-corrected chi connectivity index (χ4v) is 4.36. The van der Waals surface area contributed by atoms with E-state index in [0.29, 0.717) is 28.3 Å². The molecule has 0 bridgehead atoms. The Hall–Kier alpha value is -4.28. The lowest BCUT2D eigenvalue weighted by atomic mass is 10.00. The molecular weight excluding hydrogens is 505 g/mol. The number of ether oxygens (including phenoxy) is 1. The van der Waals surface area contributed by atoms with Gasteiger partial charge in [0.05, 0.1) is 30.9 Å². The standard InChI is InChI=1S/C27H22F5N5O/c1-14-11-36(13-33-14)22-6-5-16(9-23(22)38-4)25-19-10-18(27(3,31)32)12-37(26(19)35-34-25)15(2)17-7-20(28)24(30)21(29)8-17/h5-13,15H,1-4H3. The summed E-state index contributed by atoms with van der Waals surface area (Å²) in [5.41, 5.74) is 2.38. The van der Waals surface area contributed by atoms with E-state index in [1.165, 1.54) is 17.7 Å². The highest BCUT2D eigenvalue weighted by Crippen LogP contribution is 2.40. The first-order valence-corrected chi connectivity index (χ1v) is 11.6. The number of benzene rings is 2. The van der Waals surface area contributed by atoms with E-state index >= 15 is 0 Å². The third-order valence-corrected chi connectivity index (χ3v) is 6.42. The zero-order chi connectivity index (χ0) is 27.4. The minimum Gasteiger partial charge on any atom is -0.495 e. The van der Waals surface area contributed by atoms with Gasteiger partial charge in [-0.15, -0.1) is 10.2 Å². The maximum atomic E-state index is 14.6. The Balaban J connectivity index is 1.65. The van der Waals surface area contributed by atoms with Crippen molar-refractivity contribution in [2.24, 2.45) is 0 Å². The Morgan fingerprint density at radius 2 is 1.68 bits per heavy atom. The van der Waals surface area contributed by atoms with Crippen LogP contribution in [0.5, 0.6) is 5.75 Å². The molecule has 11 heteroatoms. The van der Waals surface area contributed by atoms with Gasteiger partial charge in [0.1, 0.15) is 11.4 Å². The molecule has 0 spiro atoms. The molecule has 2 aliphatic rings. The lowest BCUT2D eigenvalue weighted by molar-refractivity contribution is 0.0167. The van der Waals surface area contributed by atoms with Crippen LogP contribution in [0.2, 0.25) is 0 Å². The van der Waals surface area contributed by atoms with Crippen LogP contribution in [0.25, 0.3) is 28.3 Å². The fraction of sp³-hybridized carbons (Fsp3) is 0.222. The van der Waals surface area contributed by atoms with Crippen molar-refractivity contribution in [1.82, 2.24) is 24.3 Å². The van der Waals surface area contributed by atoms with E-state index in [-0.39, 0.29) is 17.0 Å². The lowest BCUT2D eigenvalue weighted by Crippen LogP contribution is -2.17. The Labute approximate surface area is 214 Å². The molecule has 0 saturated heterocycles. The van der Waals surface area contributed by atoms with E-state index in [0.717, 1.165) is 30.9 Å². The Kier molecular flexibility index (Phi) is 6.16. The van der Waals surface area contributed by atoms with Gasteiger partial charge in [-0.25, -0.2) is 26.9 Å². The molecule has 0 radical (unpaired) electrons. The van der Waals surface area contributed by atoms with Gasteiger partial charge in [-0.3, -0.25) is 0 Å². The summed E-state index contributed by atoms with van der Waals surface area (Å²) in [7, 11) is 1.51. The molecule has 6 nitrogen and oxygen atoms in total. The Morgan fingerprint density at radius 3 is 2.29 bits per heavy atom. The highest BCUT2D eigenvalue weighted by Gasteiger charge is 2.31. The van der Waals surface area contributed by atoms with Crippen LogP contribution in [-0.2, 0) is 5.92 Å². The number of aryl methyl sites for hydroxylation is 1. The van der Waals surface area contributed by atoms with Gasteiger partial charge < -0.3 is 13.9 Å². The molecular formula is C27H22F5N5O. The second-order valence-corrected chi connectivity index (χ2v) is 9.09. The van der Waals surface area contributed by atoms with Gasteiger partial charge in [-0.1, -0.05) is 6.07 Å². The number of aromatic nitrogens is 5. The number of methoxy groups -OCH3 is 1. The van der Waals surface area contributed by atoms with Crippen LogP contribution >= 0.6 is 0 Å². The molecule has 0 N–H and O–H groups in total. The Morgan fingerprint density at radius 1 is 0.974 bits per heavy atom. The highest BCUT2D eigenvalue weighted by molar-refractivity contribution is 5.80. The van der Waals surface area contributed by atoms with Gasteiger partial charge in [-0.2, -0.15) is 0 Å². The molecule has 1 atom stereocenters. The average molecular weight is 527 g/mol. The van der Waals surface area contributed by atoms with E-state index in [1.54, 1.807) is 36.0 Å². The molecule has 0 saturated carbocycles. The van der Waals surface area contributed by atoms with Crippen LogP contribution in [0.3, 0.4) is 0 Å². The number of fused-ring (bicyclic) bond motifs is 1. The first-order chi connectivity index (χ1) is 18.0. The van der Waals surface area contributed by atoms with E-state index in [4.69, 9.17) is 4.74 Å². The molecule has 0 fully saturated rings. The summed E-state index contributed by atoms with van der Waals surface area (Å²) < 4.78 is 79.3. The van der Waals surface area contributed by atoms with E-state index in [1.807, 2.05) is 13.1 Å². The lowest BCUT2D eigenvalue weighted by Gasteiger charge is -2.23. The molecule has 38 heavy (non-hydrogen) atoms. The predicted octanol–water partition coefficient (Wildman–Crippen LogP) is 6.69. The van der Waals surface area contributed by atoms with Crippen molar-refractivity contribution >= 4 is 0 Å². The number of hydrogen-bond donors (Lipinski definition) is 0. The number of halogens is 5. The van der Waals surface area contributed by atoms with Crippen LogP contribution in [-0.4, -0.2) is 31.4 Å². The van der Waals surface area contributed by atoms with Crippen molar-refractivity contribution in [3.8, 4) is 34.1 Å². The fourth-order valence-electron chi connectivity index (χ4n) is 4.36. The third-order valence-electron chi connectivity index (χ3n) is 6.42. The summed E-state index contributed by atoms with van der Waals surface area (Å²) in [6, 6.07) is 7.33. The summed E-state index contributed by atoms with van der Waals surface area (Å²) >= 11 is 0. The van der Waals surface area contributed by atoms with Crippen LogP contribution in [0.1, 0.15) is 36.7 Å². The summed E-state index contributed by atoms with van der Waals surface area (Å²) in [5, 5.41) is 8.48. The second-order valence-electron chi connectivity index (χ2n) is 9.09. The molecule has 1 unspecified atom stereocenters. The van der Waals surface area contributed by atoms with Gasteiger partial charge in [-0.05, 0) is 49.7 Å². The SMILES string of the molecule is COc1cc(-c2nnc3n(C(C)c4cc(F)c(F)c(F)c4)cc(C(C)(F)F)cc2-3)ccc1-n1cnc(C)c1. The monoisotopic (exact) mass is 527 g/mol. The first-order valence-electron chi connectivity index (χ1n) is 11.6. The van der Waals surface area contributed by atoms with Crippen molar-refractivity contribution in [1.29, 1.82) is 0 Å². The van der Waals surface area contributed by atoms with Crippen LogP contribution in [0.4, 0.5) is 22.0 Å². The molecule has 3 heterocycles. The summed E-state index contributed by atoms with van der Waals surface area (Å²) in [5.74, 6) is -6.91. The van der Waals surface area contributed by atoms with Crippen molar-refractivity contribution in [3.63, 3.8) is 0 Å². The van der Waals surface area contributed by atoms with Crippen LogP contribution < -0.4 is 4.74 Å². The third kappa shape index (κ3) is 4.37. The predicted molar refractivity (Wildman–Crippen MR) is 130 cm³/mol. The maximum absolute atomic E-state index is 14.6. The van der Waals surface area contributed by atoms with Crippen molar-refractivity contribution in [2.45, 2.75) is 32.7 Å². The van der Waals surface area contributed by atoms with Gasteiger partial charge >= 0.3 is 0 Å². The molecule has 0 amide bonds. The second kappa shape index (κ2) is 9.23. The van der Waals surface area contributed by atoms with Crippen molar-refractivity contribution < 1.29 is 26.7 Å². The van der Waals surface area contributed by atoms with E-state index in [2.05, 4.69) is 15.2 Å². The molecule has 1 aromatic heterocycles. The average Bonchev–Trinajstić information content (AvgIpc) is 3.51. The first kappa shape index (κ1) is 25.4. The topological polar surface area (TPSA) is 57.8 Å². The molecule has 2 aromatic carbocycles. The van der Waals surface area contributed by atoms with Crippen molar-refractivity contribution in [2.75, 3.05) is 7.11 Å². The summed E-state index contributed by atoms with van der Waals surface area (Å²) in [4.78, 5) is 4.22. The van der Waals surface area contributed by atoms with E-state index < -0.39 is 29.4 Å². The van der Waals surface area contributed by atoms with Gasteiger partial charge in [0, 0.05) is 36.0 Å². The van der Waals surface area contributed by atoms with Crippen LogP contribution in [0, 0.1) is 24.4 Å². The molecule has 5 rings (SSSR count). The Bertz CT molecular complexity index is 1600. The zero-order valence-electron chi connectivity index (χ0n) is 20.8. The summed E-state index contributed by atoms with van der Waals surface area (Å²) in [6.07, 6.45) is 4.64. The maximum Gasteiger partial charge on any atom is 0.271 e. The van der Waals surface area contributed by atoms with E-state index in [9.17, 15) is 22.0 Å². The minimum atomic E-state index is -3.25. The van der Waals surface area contributed by atoms with Gasteiger partial charge in [0.2, 0.25) is 0 Å².